The van der Waals surface area contributed by atoms with Gasteiger partial charge in [0.2, 0.25) is 5.91 Å². The Bertz CT molecular complexity index is 1450. The summed E-state index contributed by atoms with van der Waals surface area (Å²) < 4.78 is 17.9. The number of unbranched alkanes of at least 4 members (excludes halogenated alkanes) is 1. The molecule has 1 saturated carbocycles. The molecule has 0 spiro atoms. The maximum absolute atomic E-state index is 13.4. The van der Waals surface area contributed by atoms with Gasteiger partial charge >= 0.3 is 12.1 Å². The summed E-state index contributed by atoms with van der Waals surface area (Å²) in [4.78, 5) is 39.7. The number of carbonyl (C=O) groups excluding carboxylic acids is 3. The van der Waals surface area contributed by atoms with Crippen LogP contribution in [0.25, 0.3) is 22.2 Å². The van der Waals surface area contributed by atoms with Gasteiger partial charge in [-0.1, -0.05) is 25.3 Å². The fourth-order valence-corrected chi connectivity index (χ4v) is 5.98. The number of benzene rings is 2. The maximum Gasteiger partial charge on any atom is 0.410 e. The molecule has 0 bridgehead atoms. The van der Waals surface area contributed by atoms with Crippen LogP contribution in [0, 0.1) is 0 Å². The molecule has 0 unspecified atom stereocenters. The fourth-order valence-electron chi connectivity index (χ4n) is 5.98. The minimum Gasteiger partial charge on any atom is -0.497 e. The summed E-state index contributed by atoms with van der Waals surface area (Å²) in [5, 5.41) is 4.13. The highest BCUT2D eigenvalue weighted by Crippen LogP contribution is 2.44. The van der Waals surface area contributed by atoms with E-state index in [1.54, 1.807) is 19.1 Å². The Hall–Kier alpha value is -4.01. The van der Waals surface area contributed by atoms with Gasteiger partial charge in [-0.15, -0.1) is 0 Å². The number of nitrogens with one attached hydrogen (secondary N) is 1. The summed E-state index contributed by atoms with van der Waals surface area (Å²) in [7, 11) is 4.74. The van der Waals surface area contributed by atoms with Gasteiger partial charge in [0, 0.05) is 25.5 Å². The van der Waals surface area contributed by atoms with E-state index < -0.39 is 11.6 Å². The number of hydrogen-bond donors (Lipinski definition) is 1. The highest BCUT2D eigenvalue weighted by Gasteiger charge is 2.28. The molecule has 1 aliphatic carbocycles. The zero-order chi connectivity index (χ0) is 31.9. The number of rotatable bonds is 11. The van der Waals surface area contributed by atoms with Gasteiger partial charge in [-0.2, -0.15) is 0 Å². The zero-order valence-corrected chi connectivity index (χ0v) is 27.0. The normalized spacial score (nSPS) is 13.9. The van der Waals surface area contributed by atoms with Crippen LogP contribution in [-0.4, -0.2) is 67.4 Å². The van der Waals surface area contributed by atoms with Crippen LogP contribution in [0.4, 0.5) is 4.79 Å². The van der Waals surface area contributed by atoms with Crippen LogP contribution >= 0.6 is 0 Å². The predicted octanol–water partition coefficient (Wildman–Crippen LogP) is 6.91. The molecule has 1 fully saturated rings. The average molecular weight is 606 g/mol. The van der Waals surface area contributed by atoms with Crippen molar-refractivity contribution < 1.29 is 28.6 Å². The molecule has 0 saturated heterocycles. The minimum absolute atomic E-state index is 0.104. The van der Waals surface area contributed by atoms with Gasteiger partial charge in [0.05, 0.1) is 31.0 Å². The molecule has 0 atom stereocenters. The topological polar surface area (TPSA) is 99.1 Å². The zero-order valence-electron chi connectivity index (χ0n) is 27.0. The number of nitrogens with zero attached hydrogens (tertiary/aromatic N) is 2. The molecule has 44 heavy (non-hydrogen) atoms. The number of aromatic nitrogens is 1. The van der Waals surface area contributed by atoms with E-state index in [9.17, 15) is 14.4 Å². The van der Waals surface area contributed by atoms with E-state index >= 15 is 0 Å². The monoisotopic (exact) mass is 605 g/mol. The standard InChI is InChI=1S/C35H47N3O6/c1-35(2,3)44-34(41)37(4)21-11-10-20-36-30(39)23-38-29-22-26(33(40)43-6)16-19-28(29)31(24-12-8-7-9-13-24)32(38)25-14-17-27(42-5)18-15-25/h14-19,22,24H,7-13,20-21,23H2,1-6H3,(H,36,39). The second-order valence-corrected chi connectivity index (χ2v) is 12.6. The van der Waals surface area contributed by atoms with Crippen LogP contribution < -0.4 is 10.1 Å². The molecule has 0 radical (unpaired) electrons. The van der Waals surface area contributed by atoms with Crippen molar-refractivity contribution in [3.63, 3.8) is 0 Å². The Morgan fingerprint density at radius 2 is 1.68 bits per heavy atom. The average Bonchev–Trinajstić information content (AvgIpc) is 3.32. The largest absolute Gasteiger partial charge is 0.497 e. The van der Waals surface area contributed by atoms with Crippen molar-refractivity contribution >= 4 is 28.9 Å². The third kappa shape index (κ3) is 8.12. The van der Waals surface area contributed by atoms with E-state index in [1.807, 2.05) is 63.2 Å². The summed E-state index contributed by atoms with van der Waals surface area (Å²) in [5.74, 6) is 0.596. The Morgan fingerprint density at radius 3 is 2.32 bits per heavy atom. The lowest BCUT2D eigenvalue weighted by Gasteiger charge is -2.24. The summed E-state index contributed by atoms with van der Waals surface area (Å²) >= 11 is 0. The highest BCUT2D eigenvalue weighted by atomic mass is 16.6. The fraction of sp³-hybridized carbons (Fsp3) is 0.514. The summed E-state index contributed by atoms with van der Waals surface area (Å²) in [6.45, 7) is 6.66. The van der Waals surface area contributed by atoms with Crippen molar-refractivity contribution in [2.75, 3.05) is 34.4 Å². The van der Waals surface area contributed by atoms with E-state index in [2.05, 4.69) is 9.88 Å². The van der Waals surface area contributed by atoms with E-state index in [1.165, 1.54) is 31.9 Å². The minimum atomic E-state index is -0.541. The molecular weight excluding hydrogens is 558 g/mol. The Kier molecular flexibility index (Phi) is 10.9. The molecule has 3 aromatic rings. The lowest BCUT2D eigenvalue weighted by Crippen LogP contribution is -2.35. The Morgan fingerprint density at radius 1 is 0.977 bits per heavy atom. The first-order valence-electron chi connectivity index (χ1n) is 15.6. The molecular formula is C35H47N3O6. The number of esters is 1. The van der Waals surface area contributed by atoms with Gasteiger partial charge in [0.25, 0.3) is 0 Å². The smallest absolute Gasteiger partial charge is 0.410 e. The molecule has 1 N–H and O–H groups in total. The predicted molar refractivity (Wildman–Crippen MR) is 172 cm³/mol. The number of fused-ring (bicyclic) bond motifs is 1. The lowest BCUT2D eigenvalue weighted by molar-refractivity contribution is -0.121. The molecule has 1 heterocycles. The van der Waals surface area contributed by atoms with Gasteiger partial charge in [0.15, 0.2) is 0 Å². The molecule has 0 aliphatic heterocycles. The first-order valence-corrected chi connectivity index (χ1v) is 15.6. The molecule has 1 aromatic heterocycles. The SMILES string of the molecule is COC(=O)c1ccc2c(C3CCCCC3)c(-c3ccc(OC)cc3)n(CC(=O)NCCCCN(C)C(=O)OC(C)(C)C)c2c1. The number of ether oxygens (including phenoxy) is 3. The van der Waals surface area contributed by atoms with Crippen LogP contribution in [0.5, 0.6) is 5.75 Å². The van der Waals surface area contributed by atoms with Crippen molar-refractivity contribution in [1.82, 2.24) is 14.8 Å². The first kappa shape index (κ1) is 32.9. The molecule has 4 rings (SSSR count). The quantitative estimate of drug-likeness (QED) is 0.188. The number of carbonyl (C=O) groups is 3. The van der Waals surface area contributed by atoms with Crippen molar-refractivity contribution in [1.29, 1.82) is 0 Å². The van der Waals surface area contributed by atoms with E-state index in [0.29, 0.717) is 24.6 Å². The Balaban J connectivity index is 1.60. The van der Waals surface area contributed by atoms with E-state index in [-0.39, 0.29) is 18.5 Å². The Labute approximate surface area is 260 Å². The first-order chi connectivity index (χ1) is 21.0. The molecule has 238 valence electrons. The molecule has 2 aromatic carbocycles. The van der Waals surface area contributed by atoms with Crippen LogP contribution in [0.3, 0.4) is 0 Å². The third-order valence-corrected chi connectivity index (χ3v) is 8.15. The molecule has 9 heteroatoms. The summed E-state index contributed by atoms with van der Waals surface area (Å²) in [6, 6.07) is 13.6. The van der Waals surface area contributed by atoms with Crippen LogP contribution in [0.1, 0.15) is 87.6 Å². The number of methoxy groups -OCH3 is 2. The molecule has 2 amide bonds. The van der Waals surface area contributed by atoms with Crippen molar-refractivity contribution in [2.45, 2.75) is 83.8 Å². The van der Waals surface area contributed by atoms with Crippen LogP contribution in [-0.2, 0) is 20.8 Å². The third-order valence-electron chi connectivity index (χ3n) is 8.15. The van der Waals surface area contributed by atoms with E-state index in [4.69, 9.17) is 14.2 Å². The second-order valence-electron chi connectivity index (χ2n) is 12.6. The van der Waals surface area contributed by atoms with Gasteiger partial charge < -0.3 is 29.0 Å². The van der Waals surface area contributed by atoms with E-state index in [0.717, 1.165) is 53.6 Å². The van der Waals surface area contributed by atoms with Crippen molar-refractivity contribution in [3.8, 4) is 17.0 Å². The van der Waals surface area contributed by atoms with Gasteiger partial charge in [-0.3, -0.25) is 4.79 Å². The van der Waals surface area contributed by atoms with Crippen LogP contribution in [0.2, 0.25) is 0 Å². The lowest BCUT2D eigenvalue weighted by atomic mass is 9.82. The molecule has 9 nitrogen and oxygen atoms in total. The van der Waals surface area contributed by atoms with Crippen LogP contribution in [0.15, 0.2) is 42.5 Å². The number of hydrogen-bond acceptors (Lipinski definition) is 6. The summed E-state index contributed by atoms with van der Waals surface area (Å²) in [5.41, 5.74) is 3.99. The second kappa shape index (κ2) is 14.6. The van der Waals surface area contributed by atoms with Crippen molar-refractivity contribution in [2.24, 2.45) is 0 Å². The van der Waals surface area contributed by atoms with Gasteiger partial charge in [0.1, 0.15) is 17.9 Å². The number of amides is 2. The molecule has 1 aliphatic rings. The van der Waals surface area contributed by atoms with Gasteiger partial charge in [-0.05, 0) is 99.9 Å². The highest BCUT2D eigenvalue weighted by molar-refractivity contribution is 5.99. The maximum atomic E-state index is 13.4. The van der Waals surface area contributed by atoms with Crippen molar-refractivity contribution in [3.05, 3.63) is 53.6 Å². The summed E-state index contributed by atoms with van der Waals surface area (Å²) in [6.07, 6.45) is 6.84. The van der Waals surface area contributed by atoms with Gasteiger partial charge in [-0.25, -0.2) is 9.59 Å².